The van der Waals surface area contributed by atoms with Crippen molar-refractivity contribution in [2.75, 3.05) is 26.1 Å². The van der Waals surface area contributed by atoms with Gasteiger partial charge in [-0.25, -0.2) is 8.42 Å². The smallest absolute Gasteiger partial charge is 0.192 e. The molecule has 9 nitrogen and oxygen atoms in total. The van der Waals surface area contributed by atoms with Crippen molar-refractivity contribution in [3.63, 3.8) is 0 Å². The Kier molecular flexibility index (Phi) is 16.7. The molecule has 0 aromatic heterocycles. The van der Waals surface area contributed by atoms with Gasteiger partial charge in [-0.2, -0.15) is 0 Å². The average molecular weight is 851 g/mol. The summed E-state index contributed by atoms with van der Waals surface area (Å²) in [5.74, 6) is -0.324. The lowest BCUT2D eigenvalue weighted by atomic mass is 9.83. The van der Waals surface area contributed by atoms with Crippen LogP contribution in [-0.2, 0) is 37.6 Å². The van der Waals surface area contributed by atoms with Gasteiger partial charge in [0.15, 0.2) is 26.5 Å². The molecule has 0 amide bonds. The van der Waals surface area contributed by atoms with Crippen LogP contribution in [0.5, 0.6) is 0 Å². The molecule has 1 N–H and O–H groups in total. The quantitative estimate of drug-likeness (QED) is 0.108. The average Bonchev–Trinajstić information content (AvgIpc) is 3.63. The fraction of sp³-hybridized carbons (Fsp3) is 0.778. The minimum atomic E-state index is -3.68. The van der Waals surface area contributed by atoms with Gasteiger partial charge in [-0.3, -0.25) is 0 Å². The minimum Gasteiger partial charge on any atom is -0.414 e. The van der Waals surface area contributed by atoms with Crippen LogP contribution in [0.15, 0.2) is 59.5 Å². The van der Waals surface area contributed by atoms with Crippen LogP contribution < -0.4 is 0 Å². The number of hydrogen-bond donors (Lipinski definition) is 1. The highest BCUT2D eigenvalue weighted by molar-refractivity contribution is 7.91. The number of aliphatic hydroxyl groups is 1. The van der Waals surface area contributed by atoms with Crippen LogP contribution in [-0.4, -0.2) is 105 Å². The standard InChI is InChI=1S/C45H78O9SSi2/c1-31-25-35(22-23-39-32(2)26-34(51-39)19-18-24-46)52-40(33(31)3)28-41-38(30-55(47,48)37-20-16-15-17-21-37)43(49-10)42(53-41)27-36(54-57(13,14)45(7,8)9)29-50-56(11,12)44(4,5)6/h15-17,20-21,31,34-36,38-43,46H,2-3,18-19,22-30H2,1,4-14H3/t31-,34+,35?,36+,38?,39+,40?,41?,42?,43-/m1/s1. The topological polar surface area (TPSA) is 110 Å². The monoisotopic (exact) mass is 850 g/mol. The Bertz CT molecular complexity index is 1570. The predicted octanol–water partition coefficient (Wildman–Crippen LogP) is 9.67. The van der Waals surface area contributed by atoms with Crippen molar-refractivity contribution in [2.24, 2.45) is 11.8 Å². The van der Waals surface area contributed by atoms with E-state index in [1.54, 1.807) is 31.4 Å². The number of rotatable bonds is 19. The molecular formula is C45H78O9SSi2. The van der Waals surface area contributed by atoms with E-state index in [9.17, 15) is 13.5 Å². The summed E-state index contributed by atoms with van der Waals surface area (Å²) >= 11 is 0. The highest BCUT2D eigenvalue weighted by atomic mass is 32.2. The van der Waals surface area contributed by atoms with E-state index in [2.05, 4.69) is 87.8 Å². The summed E-state index contributed by atoms with van der Waals surface area (Å²) in [5.41, 5.74) is 2.14. The summed E-state index contributed by atoms with van der Waals surface area (Å²) in [6.07, 6.45) is 4.12. The molecule has 0 spiro atoms. The molecule has 3 heterocycles. The van der Waals surface area contributed by atoms with Crippen LogP contribution in [0.2, 0.25) is 36.3 Å². The zero-order valence-corrected chi connectivity index (χ0v) is 40.3. The van der Waals surface area contributed by atoms with Gasteiger partial charge in [0.25, 0.3) is 0 Å². The Labute approximate surface area is 348 Å². The summed E-state index contributed by atoms with van der Waals surface area (Å²) in [6, 6.07) is 8.68. The van der Waals surface area contributed by atoms with Crippen molar-refractivity contribution in [1.82, 2.24) is 0 Å². The predicted molar refractivity (Wildman–Crippen MR) is 235 cm³/mol. The molecule has 10 atom stereocenters. The highest BCUT2D eigenvalue weighted by Crippen LogP contribution is 2.44. The maximum atomic E-state index is 14.1. The third-order valence-electron chi connectivity index (χ3n) is 13.8. The number of methoxy groups -OCH3 is 1. The fourth-order valence-electron chi connectivity index (χ4n) is 8.08. The van der Waals surface area contributed by atoms with E-state index < -0.39 is 50.7 Å². The Balaban J connectivity index is 1.59. The molecule has 12 heteroatoms. The fourth-order valence-corrected chi connectivity index (χ4v) is 12.1. The molecule has 0 bridgehead atoms. The zero-order valence-electron chi connectivity index (χ0n) is 37.5. The van der Waals surface area contributed by atoms with Crippen LogP contribution in [0, 0.1) is 11.8 Å². The molecule has 3 aliphatic heterocycles. The van der Waals surface area contributed by atoms with Crippen molar-refractivity contribution in [3.05, 3.63) is 54.6 Å². The van der Waals surface area contributed by atoms with Gasteiger partial charge in [0.2, 0.25) is 0 Å². The first-order valence-corrected chi connectivity index (χ1v) is 28.9. The molecule has 1 aromatic rings. The van der Waals surface area contributed by atoms with E-state index in [-0.39, 0.29) is 58.9 Å². The highest BCUT2D eigenvalue weighted by Gasteiger charge is 2.50. The number of aliphatic hydroxyl groups excluding tert-OH is 1. The van der Waals surface area contributed by atoms with Gasteiger partial charge in [0.1, 0.15) is 0 Å². The Morgan fingerprint density at radius 1 is 0.877 bits per heavy atom. The molecule has 326 valence electrons. The second-order valence-electron chi connectivity index (χ2n) is 20.2. The number of sulfone groups is 1. The van der Waals surface area contributed by atoms with Gasteiger partial charge in [-0.15, -0.1) is 0 Å². The summed E-state index contributed by atoms with van der Waals surface area (Å²) in [5, 5.41) is 9.32. The van der Waals surface area contributed by atoms with Crippen molar-refractivity contribution < 1.29 is 41.3 Å². The van der Waals surface area contributed by atoms with Crippen LogP contribution in [0.25, 0.3) is 0 Å². The molecule has 0 aliphatic carbocycles. The molecule has 4 rings (SSSR count). The van der Waals surface area contributed by atoms with Gasteiger partial charge in [-0.1, -0.05) is 79.8 Å². The lowest BCUT2D eigenvalue weighted by molar-refractivity contribution is -0.0782. The third-order valence-corrected chi connectivity index (χ3v) is 24.7. The van der Waals surface area contributed by atoms with Crippen molar-refractivity contribution in [3.8, 4) is 0 Å². The first-order chi connectivity index (χ1) is 26.4. The van der Waals surface area contributed by atoms with E-state index in [0.29, 0.717) is 24.3 Å². The SMILES string of the molecule is C=C1C(CC2OC(C[C@@H](CO[Si](C)(C)C(C)(C)C)O[Si](C)(C)C(C)(C)C)[C@H](OC)C2CS(=O)(=O)c2ccccc2)OC(CC[C@@H]2O[C@@H](CCCO)CC2=C)C[C@H]1C. The number of benzene rings is 1. The summed E-state index contributed by atoms with van der Waals surface area (Å²) in [6.45, 7) is 34.2. The van der Waals surface area contributed by atoms with Gasteiger partial charge < -0.3 is 32.9 Å². The van der Waals surface area contributed by atoms with Gasteiger partial charge in [-0.05, 0) is 104 Å². The first-order valence-electron chi connectivity index (χ1n) is 21.4. The lowest BCUT2D eigenvalue weighted by Gasteiger charge is -2.42. The molecular weight excluding hydrogens is 773 g/mol. The summed E-state index contributed by atoms with van der Waals surface area (Å²) < 4.78 is 68.6. The second-order valence-corrected chi connectivity index (χ2v) is 31.8. The first kappa shape index (κ1) is 48.5. The van der Waals surface area contributed by atoms with Crippen LogP contribution in [0.1, 0.15) is 99.8 Å². The summed E-state index contributed by atoms with van der Waals surface area (Å²) in [7, 11) is -6.35. The Morgan fingerprint density at radius 2 is 1.51 bits per heavy atom. The maximum absolute atomic E-state index is 14.1. The largest absolute Gasteiger partial charge is 0.414 e. The van der Waals surface area contributed by atoms with Crippen molar-refractivity contribution >= 4 is 26.5 Å². The summed E-state index contributed by atoms with van der Waals surface area (Å²) in [4.78, 5) is 0.297. The van der Waals surface area contributed by atoms with E-state index in [4.69, 9.17) is 27.8 Å². The number of hydrogen-bond acceptors (Lipinski definition) is 9. The molecule has 57 heavy (non-hydrogen) atoms. The zero-order chi connectivity index (χ0) is 42.6. The van der Waals surface area contributed by atoms with Gasteiger partial charge >= 0.3 is 0 Å². The third kappa shape index (κ3) is 12.7. The van der Waals surface area contributed by atoms with Gasteiger partial charge in [0, 0.05) is 32.5 Å². The van der Waals surface area contributed by atoms with Crippen LogP contribution in [0.3, 0.4) is 0 Å². The Morgan fingerprint density at radius 3 is 2.11 bits per heavy atom. The van der Waals surface area contributed by atoms with E-state index >= 15 is 0 Å². The number of ether oxygens (including phenoxy) is 4. The second kappa shape index (κ2) is 19.7. The van der Waals surface area contributed by atoms with Crippen LogP contribution >= 0.6 is 0 Å². The van der Waals surface area contributed by atoms with E-state index in [1.807, 2.05) is 6.07 Å². The maximum Gasteiger partial charge on any atom is 0.192 e. The van der Waals surface area contributed by atoms with Gasteiger partial charge in [0.05, 0.1) is 66.1 Å². The normalized spacial score (nSPS) is 29.9. The van der Waals surface area contributed by atoms with Crippen molar-refractivity contribution in [2.45, 2.75) is 190 Å². The van der Waals surface area contributed by atoms with E-state index in [0.717, 1.165) is 49.7 Å². The van der Waals surface area contributed by atoms with E-state index in [1.165, 1.54) is 0 Å². The minimum absolute atomic E-state index is 0.000157. The van der Waals surface area contributed by atoms with Crippen molar-refractivity contribution in [1.29, 1.82) is 0 Å². The molecule has 5 unspecified atom stereocenters. The molecule has 3 aliphatic rings. The lowest BCUT2D eigenvalue weighted by Crippen LogP contribution is -2.49. The van der Waals surface area contributed by atoms with Crippen LogP contribution in [0.4, 0.5) is 0 Å². The molecule has 1 aromatic carbocycles. The molecule has 3 saturated heterocycles. The molecule has 0 radical (unpaired) electrons. The Hall–Kier alpha value is -1.20. The molecule has 0 saturated carbocycles. The molecule has 3 fully saturated rings.